The molecule has 2 aromatic rings. The molecule has 1 fully saturated rings. The van der Waals surface area contributed by atoms with E-state index in [2.05, 4.69) is 28.1 Å². The van der Waals surface area contributed by atoms with Gasteiger partial charge in [0.2, 0.25) is 0 Å². The second-order valence-corrected chi connectivity index (χ2v) is 8.48. The fraction of sp³-hybridized carbons (Fsp3) is 0.316. The fourth-order valence-corrected chi connectivity index (χ4v) is 4.33. The van der Waals surface area contributed by atoms with Crippen LogP contribution in [-0.4, -0.2) is 27.8 Å². The molecule has 24 heavy (non-hydrogen) atoms. The maximum absolute atomic E-state index is 13.0. The van der Waals surface area contributed by atoms with E-state index < -0.39 is 10.8 Å². The first-order chi connectivity index (χ1) is 11.5. The van der Waals surface area contributed by atoms with Crippen LogP contribution in [0.25, 0.3) is 0 Å². The molecule has 1 aliphatic heterocycles. The van der Waals surface area contributed by atoms with Gasteiger partial charge in [-0.3, -0.25) is 9.00 Å². The summed E-state index contributed by atoms with van der Waals surface area (Å²) in [6.45, 7) is 0.778. The van der Waals surface area contributed by atoms with Crippen molar-refractivity contribution in [3.63, 3.8) is 0 Å². The Morgan fingerprint density at radius 1 is 1.25 bits per heavy atom. The normalized spacial score (nSPS) is 18.6. The lowest BCUT2D eigenvalue weighted by Gasteiger charge is -2.25. The van der Waals surface area contributed by atoms with Crippen LogP contribution in [0.1, 0.15) is 40.4 Å². The summed E-state index contributed by atoms with van der Waals surface area (Å²) in [7, 11) is -0.909. The van der Waals surface area contributed by atoms with Gasteiger partial charge in [0.15, 0.2) is 0 Å². The van der Waals surface area contributed by atoms with Crippen LogP contribution in [-0.2, 0) is 16.6 Å². The van der Waals surface area contributed by atoms with E-state index >= 15 is 0 Å². The Bertz CT molecular complexity index is 777. The summed E-state index contributed by atoms with van der Waals surface area (Å²) in [5.41, 5.74) is 2.79. The van der Waals surface area contributed by atoms with Gasteiger partial charge in [0.25, 0.3) is 5.91 Å². The van der Waals surface area contributed by atoms with Gasteiger partial charge in [-0.2, -0.15) is 0 Å². The molecule has 1 amide bonds. The largest absolute Gasteiger partial charge is 0.332 e. The van der Waals surface area contributed by atoms with Crippen molar-refractivity contribution in [1.82, 2.24) is 4.90 Å². The highest BCUT2D eigenvalue weighted by Crippen LogP contribution is 2.34. The minimum Gasteiger partial charge on any atom is -0.332 e. The van der Waals surface area contributed by atoms with E-state index in [1.54, 1.807) is 6.26 Å². The molecule has 1 aliphatic rings. The number of carbonyl (C=O) groups excluding carboxylic acids is 1. The zero-order valence-corrected chi connectivity index (χ0v) is 16.0. The van der Waals surface area contributed by atoms with Crippen LogP contribution >= 0.6 is 15.9 Å². The van der Waals surface area contributed by atoms with Crippen LogP contribution < -0.4 is 0 Å². The molecule has 0 aliphatic carbocycles. The summed E-state index contributed by atoms with van der Waals surface area (Å²) in [5.74, 6) is 0.539. The van der Waals surface area contributed by atoms with Crippen molar-refractivity contribution in [2.24, 2.45) is 0 Å². The highest BCUT2D eigenvalue weighted by atomic mass is 79.9. The Balaban J connectivity index is 1.85. The average Bonchev–Trinajstić information content (AvgIpc) is 3.03. The van der Waals surface area contributed by atoms with E-state index in [0.29, 0.717) is 11.3 Å². The maximum Gasteiger partial charge on any atom is 0.254 e. The van der Waals surface area contributed by atoms with Crippen molar-refractivity contribution >= 4 is 32.6 Å². The molecule has 0 radical (unpaired) electrons. The molecule has 0 bridgehead atoms. The molecule has 5 heteroatoms. The number of hydrogen-bond acceptors (Lipinski definition) is 2. The highest BCUT2D eigenvalue weighted by Gasteiger charge is 2.30. The van der Waals surface area contributed by atoms with Crippen LogP contribution in [0.3, 0.4) is 0 Å². The average molecular weight is 406 g/mol. The second kappa shape index (κ2) is 7.62. The van der Waals surface area contributed by atoms with Crippen molar-refractivity contribution in [3.05, 3.63) is 69.7 Å². The lowest BCUT2D eigenvalue weighted by molar-refractivity contribution is 0.0735. The van der Waals surface area contributed by atoms with Crippen molar-refractivity contribution in [3.8, 4) is 0 Å². The van der Waals surface area contributed by atoms with Gasteiger partial charge in [0.1, 0.15) is 0 Å². The Kier molecular flexibility index (Phi) is 5.51. The van der Waals surface area contributed by atoms with E-state index in [1.807, 2.05) is 41.3 Å². The molecule has 1 saturated heterocycles. The summed E-state index contributed by atoms with van der Waals surface area (Å²) in [4.78, 5) is 15.0. The Hall–Kier alpha value is -1.46. The van der Waals surface area contributed by atoms with Gasteiger partial charge >= 0.3 is 0 Å². The molecule has 2 atom stereocenters. The molecule has 0 spiro atoms. The second-order valence-electron chi connectivity index (χ2n) is 6.13. The number of rotatable bonds is 4. The van der Waals surface area contributed by atoms with Gasteiger partial charge in [0.05, 0.1) is 6.04 Å². The first-order valence-electron chi connectivity index (χ1n) is 8.00. The van der Waals surface area contributed by atoms with Gasteiger partial charge < -0.3 is 4.90 Å². The molecule has 0 unspecified atom stereocenters. The molecule has 0 saturated carbocycles. The van der Waals surface area contributed by atoms with Gasteiger partial charge in [-0.25, -0.2) is 0 Å². The van der Waals surface area contributed by atoms with E-state index in [0.717, 1.165) is 29.4 Å². The molecular formula is C19H20BrNO2S. The van der Waals surface area contributed by atoms with Gasteiger partial charge in [0, 0.05) is 39.4 Å². The van der Waals surface area contributed by atoms with Gasteiger partial charge in [-0.05, 0) is 48.2 Å². The van der Waals surface area contributed by atoms with E-state index in [-0.39, 0.29) is 11.9 Å². The van der Waals surface area contributed by atoms with Crippen LogP contribution in [0.15, 0.2) is 53.0 Å². The van der Waals surface area contributed by atoms with Crippen molar-refractivity contribution in [2.45, 2.75) is 24.6 Å². The zero-order valence-electron chi connectivity index (χ0n) is 13.6. The van der Waals surface area contributed by atoms with E-state index in [1.165, 1.54) is 5.56 Å². The standard InChI is InChI=1S/C19H20BrNO2S/c1-24(23)13-14-5-2-7-16(11-14)19(22)21-10-4-9-18(21)15-6-3-8-17(20)12-15/h2-3,5-8,11-12,18H,4,9-10,13H2,1H3/t18-,24+/m1/s1. The lowest BCUT2D eigenvalue weighted by Crippen LogP contribution is -2.30. The minimum absolute atomic E-state index is 0.0567. The summed E-state index contributed by atoms with van der Waals surface area (Å²) in [6, 6.07) is 15.8. The number of amides is 1. The van der Waals surface area contributed by atoms with Crippen LogP contribution in [0.4, 0.5) is 0 Å². The number of hydrogen-bond donors (Lipinski definition) is 0. The van der Waals surface area contributed by atoms with Crippen LogP contribution in [0.5, 0.6) is 0 Å². The molecule has 0 N–H and O–H groups in total. The first kappa shape index (κ1) is 17.4. The Morgan fingerprint density at radius 2 is 2.04 bits per heavy atom. The fourth-order valence-electron chi connectivity index (χ4n) is 3.26. The third-order valence-corrected chi connectivity index (χ3v) is 5.52. The maximum atomic E-state index is 13.0. The SMILES string of the molecule is C[S@](=O)Cc1cccc(C(=O)N2CCC[C@@H]2c2cccc(Br)c2)c1. The first-order valence-corrected chi connectivity index (χ1v) is 10.5. The predicted octanol–water partition coefficient (Wildman–Crippen LogP) is 4.30. The van der Waals surface area contributed by atoms with E-state index in [4.69, 9.17) is 0 Å². The van der Waals surface area contributed by atoms with Crippen LogP contribution in [0.2, 0.25) is 0 Å². The van der Waals surface area contributed by atoms with E-state index in [9.17, 15) is 9.00 Å². The topological polar surface area (TPSA) is 37.4 Å². The molecule has 0 aromatic heterocycles. The summed E-state index contributed by atoms with van der Waals surface area (Å²) >= 11 is 3.51. The Labute approximate surface area is 153 Å². The zero-order chi connectivity index (χ0) is 17.1. The number of nitrogens with zero attached hydrogens (tertiary/aromatic N) is 1. The summed E-state index contributed by atoms with van der Waals surface area (Å²) in [5, 5.41) is 0. The molecule has 3 rings (SSSR count). The third-order valence-electron chi connectivity index (χ3n) is 4.29. The third kappa shape index (κ3) is 3.95. The van der Waals surface area contributed by atoms with Gasteiger partial charge in [-0.1, -0.05) is 40.2 Å². The van der Waals surface area contributed by atoms with Crippen molar-refractivity contribution in [1.29, 1.82) is 0 Å². The number of halogens is 1. The number of likely N-dealkylation sites (tertiary alicyclic amines) is 1. The molecule has 126 valence electrons. The van der Waals surface area contributed by atoms with Gasteiger partial charge in [-0.15, -0.1) is 0 Å². The summed E-state index contributed by atoms with van der Waals surface area (Å²) in [6.07, 6.45) is 3.68. The predicted molar refractivity (Wildman–Crippen MR) is 101 cm³/mol. The highest BCUT2D eigenvalue weighted by molar-refractivity contribution is 9.10. The summed E-state index contributed by atoms with van der Waals surface area (Å²) < 4.78 is 12.5. The minimum atomic E-state index is -0.909. The quantitative estimate of drug-likeness (QED) is 0.759. The van der Waals surface area contributed by atoms with Crippen LogP contribution in [0, 0.1) is 0 Å². The smallest absolute Gasteiger partial charge is 0.254 e. The molecule has 1 heterocycles. The molecule has 2 aromatic carbocycles. The lowest BCUT2D eigenvalue weighted by atomic mass is 10.0. The number of carbonyl (C=O) groups is 1. The molecular weight excluding hydrogens is 386 g/mol. The Morgan fingerprint density at radius 3 is 2.79 bits per heavy atom. The van der Waals surface area contributed by atoms with Crippen molar-refractivity contribution < 1.29 is 9.00 Å². The van der Waals surface area contributed by atoms with Crippen molar-refractivity contribution in [2.75, 3.05) is 12.8 Å². The number of benzene rings is 2. The monoisotopic (exact) mass is 405 g/mol. The molecule has 3 nitrogen and oxygen atoms in total.